The normalized spacial score (nSPS) is 19.7. The number of amides is 1. The highest BCUT2D eigenvalue weighted by molar-refractivity contribution is 6.30. The summed E-state index contributed by atoms with van der Waals surface area (Å²) in [6, 6.07) is 16.1. The van der Waals surface area contributed by atoms with Crippen molar-refractivity contribution < 1.29 is 9.21 Å². The van der Waals surface area contributed by atoms with E-state index in [-0.39, 0.29) is 17.5 Å². The predicted molar refractivity (Wildman–Crippen MR) is 137 cm³/mol. The molecule has 7 heteroatoms. The molecule has 1 amide bonds. The Morgan fingerprint density at radius 1 is 1.09 bits per heavy atom. The minimum absolute atomic E-state index is 0.0762. The van der Waals surface area contributed by atoms with Crippen LogP contribution in [0.5, 0.6) is 0 Å². The number of aryl methyl sites for hydroxylation is 2. The Morgan fingerprint density at radius 3 is 2.43 bits per heavy atom. The number of oxazole rings is 1. The van der Waals surface area contributed by atoms with E-state index in [1.807, 2.05) is 40.1 Å². The lowest BCUT2D eigenvalue weighted by Gasteiger charge is -2.34. The lowest BCUT2D eigenvalue weighted by atomic mass is 10.0. The molecule has 2 unspecified atom stereocenters. The van der Waals surface area contributed by atoms with Crippen molar-refractivity contribution in [1.82, 2.24) is 9.88 Å². The quantitative estimate of drug-likeness (QED) is 0.480. The molecule has 35 heavy (non-hydrogen) atoms. The molecule has 0 N–H and O–H groups in total. The van der Waals surface area contributed by atoms with E-state index >= 15 is 0 Å². The molecule has 1 aromatic heterocycles. The van der Waals surface area contributed by atoms with Crippen LogP contribution in [0.4, 0.5) is 5.88 Å². The first-order valence-corrected chi connectivity index (χ1v) is 12.3. The van der Waals surface area contributed by atoms with E-state index in [0.29, 0.717) is 48.9 Å². The van der Waals surface area contributed by atoms with Gasteiger partial charge in [-0.1, -0.05) is 53.1 Å². The highest BCUT2D eigenvalue weighted by Crippen LogP contribution is 2.49. The molecule has 1 saturated carbocycles. The van der Waals surface area contributed by atoms with E-state index in [2.05, 4.69) is 43.1 Å². The topological polar surface area (TPSA) is 73.4 Å². The summed E-state index contributed by atoms with van der Waals surface area (Å²) in [5.74, 6) is 1.48. The van der Waals surface area contributed by atoms with Gasteiger partial charge in [-0.05, 0) is 55.5 Å². The number of anilines is 1. The molecule has 2 aliphatic rings. The first kappa shape index (κ1) is 23.2. The number of hydrogen-bond donors (Lipinski definition) is 0. The molecule has 1 saturated heterocycles. The molecule has 2 fully saturated rings. The molecule has 2 atom stereocenters. The molecule has 0 radical (unpaired) electrons. The molecule has 1 aliphatic carbocycles. The van der Waals surface area contributed by atoms with Crippen molar-refractivity contribution in [3.63, 3.8) is 0 Å². The van der Waals surface area contributed by atoms with Crippen molar-refractivity contribution in [3.8, 4) is 6.07 Å². The molecular weight excluding hydrogens is 460 g/mol. The van der Waals surface area contributed by atoms with Gasteiger partial charge >= 0.3 is 0 Å². The summed E-state index contributed by atoms with van der Waals surface area (Å²) in [6.07, 6.45) is 4.53. The van der Waals surface area contributed by atoms with Crippen LogP contribution in [0.3, 0.4) is 0 Å². The third-order valence-corrected chi connectivity index (χ3v) is 6.93. The minimum Gasteiger partial charge on any atom is -0.420 e. The lowest BCUT2D eigenvalue weighted by Crippen LogP contribution is -2.49. The minimum atomic E-state index is 0.0762. The second kappa shape index (κ2) is 9.59. The first-order valence-electron chi connectivity index (χ1n) is 11.9. The van der Waals surface area contributed by atoms with Crippen LogP contribution in [0, 0.1) is 31.1 Å². The van der Waals surface area contributed by atoms with E-state index in [9.17, 15) is 10.1 Å². The predicted octanol–water partition coefficient (Wildman–Crippen LogP) is 5.44. The smallest absolute Gasteiger partial charge is 0.235 e. The maximum absolute atomic E-state index is 13.1. The third kappa shape index (κ3) is 5.11. The van der Waals surface area contributed by atoms with Crippen LogP contribution in [0.15, 0.2) is 46.9 Å². The van der Waals surface area contributed by atoms with Gasteiger partial charge < -0.3 is 14.2 Å². The van der Waals surface area contributed by atoms with Gasteiger partial charge in [0.1, 0.15) is 6.07 Å². The molecule has 6 nitrogen and oxygen atoms in total. The maximum Gasteiger partial charge on any atom is 0.235 e. The zero-order valence-electron chi connectivity index (χ0n) is 19.9. The highest BCUT2D eigenvalue weighted by Gasteiger charge is 2.46. The first-order chi connectivity index (χ1) is 16.9. The van der Waals surface area contributed by atoms with Gasteiger partial charge in [-0.2, -0.15) is 10.2 Å². The van der Waals surface area contributed by atoms with E-state index in [1.54, 1.807) is 6.08 Å². The molecular formula is C28H27ClN4O2. The Morgan fingerprint density at radius 2 is 1.77 bits per heavy atom. The van der Waals surface area contributed by atoms with Crippen molar-refractivity contribution in [2.45, 2.75) is 26.2 Å². The fraction of sp³-hybridized carbons (Fsp3) is 0.321. The highest BCUT2D eigenvalue weighted by atomic mass is 35.5. The number of nitriles is 1. The number of piperazine rings is 1. The van der Waals surface area contributed by atoms with Crippen molar-refractivity contribution in [3.05, 3.63) is 81.3 Å². The number of hydrogen-bond acceptors (Lipinski definition) is 5. The van der Waals surface area contributed by atoms with Crippen LogP contribution in [-0.4, -0.2) is 42.0 Å². The Kier molecular flexibility index (Phi) is 6.36. The molecule has 0 bridgehead atoms. The SMILES string of the molecule is Cc1cc(C)cc(C2CC2C(=O)N2CCN(c3oc(C=Cc4ccc(Cl)cc4)nc3C#N)CC2)c1. The van der Waals surface area contributed by atoms with E-state index < -0.39 is 0 Å². The van der Waals surface area contributed by atoms with Crippen molar-refractivity contribution >= 4 is 35.5 Å². The summed E-state index contributed by atoms with van der Waals surface area (Å²) in [7, 11) is 0. The number of aromatic nitrogens is 1. The van der Waals surface area contributed by atoms with Crippen LogP contribution < -0.4 is 4.90 Å². The summed E-state index contributed by atoms with van der Waals surface area (Å²) in [5.41, 5.74) is 4.99. The summed E-state index contributed by atoms with van der Waals surface area (Å²) >= 11 is 5.93. The molecule has 3 aromatic rings. The van der Waals surface area contributed by atoms with E-state index in [0.717, 1.165) is 12.0 Å². The number of carbonyl (C=O) groups is 1. The number of halogens is 1. The summed E-state index contributed by atoms with van der Waals surface area (Å²) in [4.78, 5) is 21.4. The summed E-state index contributed by atoms with van der Waals surface area (Å²) in [6.45, 7) is 6.64. The number of nitrogens with zero attached hydrogens (tertiary/aromatic N) is 4. The molecule has 178 valence electrons. The molecule has 0 spiro atoms. The Bertz CT molecular complexity index is 1290. The summed E-state index contributed by atoms with van der Waals surface area (Å²) < 4.78 is 5.92. The molecule has 5 rings (SSSR count). The molecule has 2 heterocycles. The van der Waals surface area contributed by atoms with Gasteiger partial charge in [0, 0.05) is 43.2 Å². The van der Waals surface area contributed by atoms with Gasteiger partial charge in [-0.25, -0.2) is 0 Å². The average molecular weight is 487 g/mol. The second-order valence-electron chi connectivity index (χ2n) is 9.38. The van der Waals surface area contributed by atoms with Gasteiger partial charge in [-0.3, -0.25) is 4.79 Å². The number of carbonyl (C=O) groups excluding carboxylic acids is 1. The largest absolute Gasteiger partial charge is 0.420 e. The fourth-order valence-electron chi connectivity index (χ4n) is 4.85. The third-order valence-electron chi connectivity index (χ3n) is 6.68. The zero-order valence-corrected chi connectivity index (χ0v) is 20.6. The number of benzene rings is 2. The van der Waals surface area contributed by atoms with Crippen LogP contribution in [0.25, 0.3) is 12.2 Å². The fourth-order valence-corrected chi connectivity index (χ4v) is 4.98. The van der Waals surface area contributed by atoms with Gasteiger partial charge in [0.25, 0.3) is 0 Å². The van der Waals surface area contributed by atoms with Crippen LogP contribution in [0.2, 0.25) is 5.02 Å². The van der Waals surface area contributed by atoms with Crippen molar-refractivity contribution in [2.75, 3.05) is 31.1 Å². The molecule has 2 aromatic carbocycles. The van der Waals surface area contributed by atoms with Gasteiger partial charge in [0.2, 0.25) is 23.4 Å². The van der Waals surface area contributed by atoms with Crippen LogP contribution in [0.1, 0.15) is 46.2 Å². The Balaban J connectivity index is 1.20. The second-order valence-corrected chi connectivity index (χ2v) is 9.82. The van der Waals surface area contributed by atoms with Gasteiger partial charge in [0.05, 0.1) is 0 Å². The summed E-state index contributed by atoms with van der Waals surface area (Å²) in [5, 5.41) is 10.2. The monoisotopic (exact) mass is 486 g/mol. The van der Waals surface area contributed by atoms with Crippen LogP contribution in [-0.2, 0) is 4.79 Å². The molecule has 1 aliphatic heterocycles. The van der Waals surface area contributed by atoms with Crippen molar-refractivity contribution in [1.29, 1.82) is 5.26 Å². The maximum atomic E-state index is 13.1. The number of rotatable bonds is 5. The van der Waals surface area contributed by atoms with Crippen molar-refractivity contribution in [2.24, 2.45) is 5.92 Å². The average Bonchev–Trinajstić information content (AvgIpc) is 3.55. The standard InChI is InChI=1S/C28H27ClN4O2/c1-18-13-19(2)15-21(14-18)23-16-24(23)27(34)32-9-11-33(12-10-32)28-25(17-30)31-26(35-28)8-5-20-3-6-22(29)7-4-20/h3-8,13-15,23-24H,9-12,16H2,1-2H3. The Hall–Kier alpha value is -3.56. The lowest BCUT2D eigenvalue weighted by molar-refractivity contribution is -0.133. The zero-order chi connectivity index (χ0) is 24.5. The van der Waals surface area contributed by atoms with Crippen LogP contribution >= 0.6 is 11.6 Å². The Labute approximate surface area is 210 Å². The van der Waals surface area contributed by atoms with Gasteiger partial charge in [0.15, 0.2) is 0 Å². The van der Waals surface area contributed by atoms with E-state index in [1.165, 1.54) is 16.7 Å². The van der Waals surface area contributed by atoms with Gasteiger partial charge in [-0.15, -0.1) is 0 Å². The van der Waals surface area contributed by atoms with E-state index in [4.69, 9.17) is 16.0 Å².